The molecule has 3 heteroatoms. The minimum Gasteiger partial charge on any atom is -0.461 e. The van der Waals surface area contributed by atoms with Crippen molar-refractivity contribution in [3.63, 3.8) is 0 Å². The standard InChI is InChI=1S/C16H30O2Si/c1-16(2,3)15(17)18-11-14(12-19(4,5)6)13-9-7-8-10-13/h7-12H2,1-6H3. The maximum absolute atomic E-state index is 11.9. The highest BCUT2D eigenvalue weighted by Crippen LogP contribution is 2.31. The lowest BCUT2D eigenvalue weighted by Crippen LogP contribution is -2.26. The molecule has 0 unspecified atom stereocenters. The zero-order valence-electron chi connectivity index (χ0n) is 13.6. The summed E-state index contributed by atoms with van der Waals surface area (Å²) >= 11 is 0. The van der Waals surface area contributed by atoms with Gasteiger partial charge >= 0.3 is 5.97 Å². The molecule has 1 aliphatic carbocycles. The molecule has 1 rings (SSSR count). The molecule has 0 atom stereocenters. The maximum Gasteiger partial charge on any atom is 0.311 e. The Kier molecular flexibility index (Phi) is 5.42. The van der Waals surface area contributed by atoms with Crippen LogP contribution in [0.25, 0.3) is 0 Å². The van der Waals surface area contributed by atoms with Crippen molar-refractivity contribution in [3.8, 4) is 0 Å². The van der Waals surface area contributed by atoms with E-state index in [0.29, 0.717) is 6.61 Å². The second-order valence-electron chi connectivity index (χ2n) is 7.98. The lowest BCUT2D eigenvalue weighted by Gasteiger charge is -2.23. The fraction of sp³-hybridized carbons (Fsp3) is 0.812. The Morgan fingerprint density at radius 2 is 1.68 bits per heavy atom. The minimum absolute atomic E-state index is 0.0841. The highest BCUT2D eigenvalue weighted by molar-refractivity contribution is 6.76. The van der Waals surface area contributed by atoms with Crippen LogP contribution in [0, 0.1) is 5.41 Å². The molecule has 1 saturated carbocycles. The molecule has 0 amide bonds. The van der Waals surface area contributed by atoms with E-state index in [1.807, 2.05) is 20.8 Å². The van der Waals surface area contributed by atoms with Crippen LogP contribution in [0.15, 0.2) is 11.1 Å². The zero-order valence-corrected chi connectivity index (χ0v) is 14.6. The second kappa shape index (κ2) is 6.25. The summed E-state index contributed by atoms with van der Waals surface area (Å²) in [5.41, 5.74) is 2.60. The van der Waals surface area contributed by atoms with Crippen LogP contribution in [-0.4, -0.2) is 20.7 Å². The predicted octanol–water partition coefficient (Wildman–Crippen LogP) is 4.78. The normalized spacial score (nSPS) is 16.6. The lowest BCUT2D eigenvalue weighted by molar-refractivity contribution is -0.151. The summed E-state index contributed by atoms with van der Waals surface area (Å²) in [7, 11) is -1.15. The highest BCUT2D eigenvalue weighted by atomic mass is 28.3. The molecule has 2 nitrogen and oxygen atoms in total. The Bertz CT molecular complexity index is 348. The van der Waals surface area contributed by atoms with Gasteiger partial charge in [-0.2, -0.15) is 0 Å². The van der Waals surface area contributed by atoms with E-state index in [4.69, 9.17) is 4.74 Å². The van der Waals surface area contributed by atoms with Gasteiger partial charge in [-0.1, -0.05) is 25.2 Å². The summed E-state index contributed by atoms with van der Waals surface area (Å²) in [4.78, 5) is 11.9. The molecule has 0 bridgehead atoms. The van der Waals surface area contributed by atoms with Crippen molar-refractivity contribution in [1.29, 1.82) is 0 Å². The van der Waals surface area contributed by atoms with Crippen LogP contribution in [0.3, 0.4) is 0 Å². The summed E-state index contributed by atoms with van der Waals surface area (Å²) in [6, 6.07) is 1.17. The Hall–Kier alpha value is -0.573. The fourth-order valence-electron chi connectivity index (χ4n) is 2.44. The smallest absolute Gasteiger partial charge is 0.311 e. The second-order valence-corrected chi connectivity index (χ2v) is 13.5. The largest absolute Gasteiger partial charge is 0.461 e. The number of hydrogen-bond donors (Lipinski definition) is 0. The van der Waals surface area contributed by atoms with Crippen molar-refractivity contribution in [2.45, 2.75) is 72.1 Å². The molecule has 0 N–H and O–H groups in total. The first kappa shape index (κ1) is 16.5. The third-order valence-corrected chi connectivity index (χ3v) is 4.93. The number of carbonyl (C=O) groups excluding carboxylic acids is 1. The van der Waals surface area contributed by atoms with E-state index in [2.05, 4.69) is 19.6 Å². The van der Waals surface area contributed by atoms with E-state index in [9.17, 15) is 4.79 Å². The van der Waals surface area contributed by atoms with Gasteiger partial charge in [0.25, 0.3) is 0 Å². The van der Waals surface area contributed by atoms with E-state index in [-0.39, 0.29) is 5.97 Å². The SMILES string of the molecule is CC(C)(C)C(=O)OCC(C[Si](C)(C)C)=C1CCCC1. The average Bonchev–Trinajstić information content (AvgIpc) is 2.73. The van der Waals surface area contributed by atoms with Crippen LogP contribution in [0.4, 0.5) is 0 Å². The molecule has 0 radical (unpaired) electrons. The molecule has 0 aromatic carbocycles. The van der Waals surface area contributed by atoms with Gasteiger partial charge in [0.15, 0.2) is 0 Å². The first-order valence-corrected chi connectivity index (χ1v) is 11.2. The van der Waals surface area contributed by atoms with Gasteiger partial charge in [-0.3, -0.25) is 4.79 Å². The molecule has 0 saturated heterocycles. The molecule has 0 heterocycles. The van der Waals surface area contributed by atoms with E-state index < -0.39 is 13.5 Å². The number of allylic oxidation sites excluding steroid dienone is 1. The highest BCUT2D eigenvalue weighted by Gasteiger charge is 2.25. The van der Waals surface area contributed by atoms with Gasteiger partial charge in [-0.05, 0) is 58.1 Å². The Morgan fingerprint density at radius 3 is 2.11 bits per heavy atom. The van der Waals surface area contributed by atoms with Gasteiger partial charge in [0.05, 0.1) is 5.41 Å². The van der Waals surface area contributed by atoms with Gasteiger partial charge in [0, 0.05) is 8.07 Å². The molecule has 110 valence electrons. The topological polar surface area (TPSA) is 26.3 Å². The molecule has 1 aliphatic rings. The lowest BCUT2D eigenvalue weighted by atomic mass is 9.97. The Morgan fingerprint density at radius 1 is 1.16 bits per heavy atom. The van der Waals surface area contributed by atoms with E-state index >= 15 is 0 Å². The van der Waals surface area contributed by atoms with Crippen LogP contribution < -0.4 is 0 Å². The van der Waals surface area contributed by atoms with E-state index in [1.54, 1.807) is 5.57 Å². The van der Waals surface area contributed by atoms with Crippen molar-refractivity contribution in [3.05, 3.63) is 11.1 Å². The first-order valence-electron chi connectivity index (χ1n) is 7.46. The van der Waals surface area contributed by atoms with Crippen LogP contribution in [0.5, 0.6) is 0 Å². The third-order valence-electron chi connectivity index (χ3n) is 3.44. The van der Waals surface area contributed by atoms with Gasteiger partial charge in [0.1, 0.15) is 6.61 Å². The summed E-state index contributed by atoms with van der Waals surface area (Å²) in [5, 5.41) is 0. The van der Waals surface area contributed by atoms with Crippen LogP contribution in [0.1, 0.15) is 46.5 Å². The molecule has 1 fully saturated rings. The van der Waals surface area contributed by atoms with Crippen molar-refractivity contribution < 1.29 is 9.53 Å². The Balaban J connectivity index is 2.71. The number of esters is 1. The van der Waals surface area contributed by atoms with Crippen LogP contribution >= 0.6 is 0 Å². The van der Waals surface area contributed by atoms with Gasteiger partial charge in [0.2, 0.25) is 0 Å². The van der Waals surface area contributed by atoms with Crippen molar-refractivity contribution in [2.75, 3.05) is 6.61 Å². The molecular weight excluding hydrogens is 252 g/mol. The summed E-state index contributed by atoms with van der Waals surface area (Å²) in [6.45, 7) is 13.4. The molecule has 0 aromatic rings. The summed E-state index contributed by atoms with van der Waals surface area (Å²) in [5.74, 6) is -0.0841. The molecule has 0 spiro atoms. The maximum atomic E-state index is 11.9. The van der Waals surface area contributed by atoms with E-state index in [0.717, 1.165) is 0 Å². The van der Waals surface area contributed by atoms with Crippen molar-refractivity contribution in [1.82, 2.24) is 0 Å². The minimum atomic E-state index is -1.15. The summed E-state index contributed by atoms with van der Waals surface area (Å²) in [6.07, 6.45) is 5.04. The third kappa shape index (κ3) is 5.94. The van der Waals surface area contributed by atoms with Crippen molar-refractivity contribution in [2.24, 2.45) is 5.41 Å². The Labute approximate surface area is 119 Å². The number of carbonyl (C=O) groups is 1. The fourth-order valence-corrected chi connectivity index (χ4v) is 4.08. The van der Waals surface area contributed by atoms with Gasteiger partial charge in [-0.25, -0.2) is 0 Å². The monoisotopic (exact) mass is 282 g/mol. The molecule has 0 aromatic heterocycles. The molecule has 0 aliphatic heterocycles. The number of rotatable bonds is 4. The zero-order chi connectivity index (χ0) is 14.7. The quantitative estimate of drug-likeness (QED) is 0.421. The van der Waals surface area contributed by atoms with Crippen LogP contribution in [-0.2, 0) is 9.53 Å². The molecular formula is C16H30O2Si. The van der Waals surface area contributed by atoms with Gasteiger partial charge in [-0.15, -0.1) is 0 Å². The van der Waals surface area contributed by atoms with Crippen molar-refractivity contribution >= 4 is 14.0 Å². The van der Waals surface area contributed by atoms with E-state index in [1.165, 1.54) is 37.3 Å². The van der Waals surface area contributed by atoms with Gasteiger partial charge < -0.3 is 4.74 Å². The summed E-state index contributed by atoms with van der Waals surface area (Å²) < 4.78 is 5.55. The predicted molar refractivity (Wildman–Crippen MR) is 84.1 cm³/mol. The number of ether oxygens (including phenoxy) is 1. The number of hydrogen-bond acceptors (Lipinski definition) is 2. The first-order chi connectivity index (χ1) is 8.59. The van der Waals surface area contributed by atoms with Crippen LogP contribution in [0.2, 0.25) is 25.7 Å². The average molecular weight is 282 g/mol. The molecule has 19 heavy (non-hydrogen) atoms.